The molecule has 7 nitrogen and oxygen atoms in total. The van der Waals surface area contributed by atoms with E-state index in [1.54, 1.807) is 0 Å². The summed E-state index contributed by atoms with van der Waals surface area (Å²) < 4.78 is 35.5. The number of aromatic amines is 1. The summed E-state index contributed by atoms with van der Waals surface area (Å²) in [7, 11) is -3.03. The van der Waals surface area contributed by atoms with Gasteiger partial charge in [0.05, 0.1) is 11.9 Å². The number of aromatic nitrogens is 2. The van der Waals surface area contributed by atoms with Crippen LogP contribution in [0.3, 0.4) is 0 Å². The molecule has 0 atom stereocenters. The molecule has 18 heavy (non-hydrogen) atoms. The second kappa shape index (κ2) is 5.91. The fourth-order valence-corrected chi connectivity index (χ4v) is 1.75. The monoisotopic (exact) mass is 279 g/mol. The lowest BCUT2D eigenvalue weighted by Gasteiger charge is -2.06. The van der Waals surface area contributed by atoms with Crippen molar-refractivity contribution in [3.8, 4) is 0 Å². The van der Waals surface area contributed by atoms with Gasteiger partial charge in [-0.1, -0.05) is 0 Å². The van der Waals surface area contributed by atoms with E-state index in [2.05, 4.69) is 5.32 Å². The summed E-state index contributed by atoms with van der Waals surface area (Å²) >= 11 is 0. The molecule has 0 unspecified atom stereocenters. The Balaban J connectivity index is 2.48. The van der Waals surface area contributed by atoms with Gasteiger partial charge < -0.3 is 5.32 Å². The lowest BCUT2D eigenvalue weighted by molar-refractivity contribution is 0.533. The van der Waals surface area contributed by atoms with E-state index in [9.17, 15) is 22.4 Å². The lowest BCUT2D eigenvalue weighted by atomic mass is 10.5. The zero-order chi connectivity index (χ0) is 13.8. The zero-order valence-corrected chi connectivity index (χ0v) is 10.6. The number of nitrogens with zero attached hydrogens (tertiary/aromatic N) is 1. The molecule has 0 saturated carbocycles. The van der Waals surface area contributed by atoms with Gasteiger partial charge in [0.1, 0.15) is 9.84 Å². The SMILES string of the molecule is CS(=O)(=O)CCNCCn1cc(F)c(=O)[nH]c1=O. The van der Waals surface area contributed by atoms with Crippen LogP contribution in [0.2, 0.25) is 0 Å². The molecule has 0 saturated heterocycles. The quantitative estimate of drug-likeness (QED) is 0.605. The topological polar surface area (TPSA) is 101 Å². The molecule has 1 aromatic rings. The number of sulfone groups is 1. The number of nitrogens with one attached hydrogen (secondary N) is 2. The summed E-state index contributed by atoms with van der Waals surface area (Å²) in [6.07, 6.45) is 1.94. The van der Waals surface area contributed by atoms with Crippen molar-refractivity contribution < 1.29 is 12.8 Å². The largest absolute Gasteiger partial charge is 0.328 e. The maximum absolute atomic E-state index is 12.9. The van der Waals surface area contributed by atoms with E-state index >= 15 is 0 Å². The predicted octanol–water partition coefficient (Wildman–Crippen LogP) is -1.69. The molecule has 1 heterocycles. The molecule has 0 spiro atoms. The van der Waals surface area contributed by atoms with Crippen molar-refractivity contribution in [1.82, 2.24) is 14.9 Å². The molecule has 0 amide bonds. The molecule has 2 N–H and O–H groups in total. The Kier molecular flexibility index (Phi) is 4.79. The Morgan fingerprint density at radius 3 is 2.67 bits per heavy atom. The summed E-state index contributed by atoms with van der Waals surface area (Å²) in [6, 6.07) is 0. The molecule has 1 rings (SSSR count). The Morgan fingerprint density at radius 1 is 1.39 bits per heavy atom. The van der Waals surface area contributed by atoms with E-state index in [-0.39, 0.29) is 18.8 Å². The van der Waals surface area contributed by atoms with Gasteiger partial charge in [0.15, 0.2) is 0 Å². The number of hydrogen-bond donors (Lipinski definition) is 2. The summed E-state index contributed by atoms with van der Waals surface area (Å²) in [5, 5.41) is 2.80. The third-order valence-corrected chi connectivity index (χ3v) is 3.09. The van der Waals surface area contributed by atoms with Crippen molar-refractivity contribution in [2.45, 2.75) is 6.54 Å². The van der Waals surface area contributed by atoms with Crippen molar-refractivity contribution in [1.29, 1.82) is 0 Å². The lowest BCUT2D eigenvalue weighted by Crippen LogP contribution is -2.34. The molecular formula is C9H14FN3O4S. The van der Waals surface area contributed by atoms with Gasteiger partial charge in [-0.3, -0.25) is 14.3 Å². The van der Waals surface area contributed by atoms with Crippen LogP contribution in [-0.2, 0) is 16.4 Å². The number of halogens is 1. The van der Waals surface area contributed by atoms with Crippen molar-refractivity contribution >= 4 is 9.84 Å². The van der Waals surface area contributed by atoms with Gasteiger partial charge in [0, 0.05) is 25.9 Å². The smallest absolute Gasteiger partial charge is 0.314 e. The van der Waals surface area contributed by atoms with Crippen LogP contribution in [0.5, 0.6) is 0 Å². The van der Waals surface area contributed by atoms with E-state index in [1.807, 2.05) is 4.98 Å². The van der Waals surface area contributed by atoms with E-state index in [0.29, 0.717) is 6.54 Å². The van der Waals surface area contributed by atoms with Gasteiger partial charge in [-0.25, -0.2) is 13.2 Å². The molecule has 9 heteroatoms. The van der Waals surface area contributed by atoms with Gasteiger partial charge >= 0.3 is 5.69 Å². The molecule has 1 aromatic heterocycles. The molecule has 0 aliphatic heterocycles. The minimum Gasteiger partial charge on any atom is -0.314 e. The maximum Gasteiger partial charge on any atom is 0.328 e. The van der Waals surface area contributed by atoms with Crippen molar-refractivity contribution in [3.63, 3.8) is 0 Å². The van der Waals surface area contributed by atoms with Crippen LogP contribution in [0.4, 0.5) is 4.39 Å². The zero-order valence-electron chi connectivity index (χ0n) is 9.77. The third kappa shape index (κ3) is 4.80. The summed E-state index contributed by atoms with van der Waals surface area (Å²) in [5.41, 5.74) is -1.76. The third-order valence-electron chi connectivity index (χ3n) is 2.15. The number of H-pyrrole nitrogens is 1. The highest BCUT2D eigenvalue weighted by Gasteiger charge is 2.04. The van der Waals surface area contributed by atoms with Crippen LogP contribution in [0.15, 0.2) is 15.8 Å². The van der Waals surface area contributed by atoms with Crippen LogP contribution in [0.25, 0.3) is 0 Å². The second-order valence-corrected chi connectivity index (χ2v) is 6.07. The van der Waals surface area contributed by atoms with Crippen molar-refractivity contribution in [2.24, 2.45) is 0 Å². The maximum atomic E-state index is 12.9. The summed E-state index contributed by atoms with van der Waals surface area (Å²) in [5.74, 6) is -1.05. The van der Waals surface area contributed by atoms with Gasteiger partial charge in [0.2, 0.25) is 5.82 Å². The molecule has 102 valence electrons. The van der Waals surface area contributed by atoms with Crippen LogP contribution in [0, 0.1) is 5.82 Å². The predicted molar refractivity (Wildman–Crippen MR) is 63.9 cm³/mol. The van der Waals surface area contributed by atoms with E-state index in [4.69, 9.17) is 0 Å². The van der Waals surface area contributed by atoms with E-state index in [0.717, 1.165) is 17.0 Å². The molecule has 0 aromatic carbocycles. The van der Waals surface area contributed by atoms with Gasteiger partial charge in [-0.2, -0.15) is 4.39 Å². The van der Waals surface area contributed by atoms with Gasteiger partial charge in [0.25, 0.3) is 5.56 Å². The minimum absolute atomic E-state index is 0.0120. The Morgan fingerprint density at radius 2 is 2.06 bits per heavy atom. The first-order chi connectivity index (χ1) is 8.29. The number of rotatable bonds is 6. The first kappa shape index (κ1) is 14.6. The van der Waals surface area contributed by atoms with Crippen molar-refractivity contribution in [3.05, 3.63) is 32.9 Å². The van der Waals surface area contributed by atoms with E-state index < -0.39 is 26.9 Å². The van der Waals surface area contributed by atoms with E-state index in [1.165, 1.54) is 0 Å². The second-order valence-electron chi connectivity index (χ2n) is 3.81. The number of hydrogen-bond acceptors (Lipinski definition) is 5. The highest BCUT2D eigenvalue weighted by molar-refractivity contribution is 7.90. The highest BCUT2D eigenvalue weighted by Crippen LogP contribution is 1.84. The van der Waals surface area contributed by atoms with Crippen LogP contribution in [-0.4, -0.2) is 43.1 Å². The fourth-order valence-electron chi connectivity index (χ4n) is 1.23. The summed E-state index contributed by atoms with van der Waals surface area (Å²) in [6.45, 7) is 0.677. The van der Waals surface area contributed by atoms with Gasteiger partial charge in [-0.05, 0) is 0 Å². The van der Waals surface area contributed by atoms with Crippen LogP contribution < -0.4 is 16.6 Å². The molecule has 0 aliphatic rings. The Labute approximate surface area is 103 Å². The first-order valence-corrected chi connectivity index (χ1v) is 7.23. The standard InChI is InChI=1S/C9H14FN3O4S/c1-18(16,17)5-3-11-2-4-13-6-7(10)8(14)12-9(13)15/h6,11H,2-5H2,1H3,(H,12,14,15). The average Bonchev–Trinajstić information content (AvgIpc) is 2.23. The molecular weight excluding hydrogens is 265 g/mol. The van der Waals surface area contributed by atoms with Gasteiger partial charge in [-0.15, -0.1) is 0 Å². The van der Waals surface area contributed by atoms with Crippen LogP contribution >= 0.6 is 0 Å². The van der Waals surface area contributed by atoms with Crippen LogP contribution in [0.1, 0.15) is 0 Å². The highest BCUT2D eigenvalue weighted by atomic mass is 32.2. The first-order valence-electron chi connectivity index (χ1n) is 5.17. The van der Waals surface area contributed by atoms with Crippen molar-refractivity contribution in [2.75, 3.05) is 25.1 Å². The Bertz CT molecular complexity index is 619. The molecule has 0 bridgehead atoms. The Hall–Kier alpha value is -1.48. The normalized spacial score (nSPS) is 11.7. The minimum atomic E-state index is -3.03. The molecule has 0 radical (unpaired) electrons. The molecule has 0 fully saturated rings. The molecule has 0 aliphatic carbocycles. The fraction of sp³-hybridized carbons (Fsp3) is 0.556. The summed E-state index contributed by atoms with van der Waals surface area (Å²) in [4.78, 5) is 23.8. The average molecular weight is 279 g/mol.